The van der Waals surface area contributed by atoms with Crippen LogP contribution in [0.4, 0.5) is 0 Å². The zero-order valence-corrected chi connectivity index (χ0v) is 18.7. The van der Waals surface area contributed by atoms with Crippen LogP contribution >= 0.6 is 0 Å². The van der Waals surface area contributed by atoms with Crippen LogP contribution in [0.3, 0.4) is 0 Å². The topological polar surface area (TPSA) is 97.7 Å². The number of sulfonamides is 1. The molecule has 1 fully saturated rings. The lowest BCUT2D eigenvalue weighted by Crippen LogP contribution is -2.44. The first-order valence-corrected chi connectivity index (χ1v) is 11.8. The molecule has 1 aromatic heterocycles. The monoisotopic (exact) mass is 447 g/mol. The Bertz CT molecular complexity index is 1060. The van der Waals surface area contributed by atoms with E-state index in [0.29, 0.717) is 31.8 Å². The molecule has 1 N–H and O–H groups in total. The van der Waals surface area contributed by atoms with Gasteiger partial charge in [-0.15, -0.1) is 0 Å². The van der Waals surface area contributed by atoms with Gasteiger partial charge in [-0.05, 0) is 43.9 Å². The number of benzene rings is 1. The highest BCUT2D eigenvalue weighted by Crippen LogP contribution is 2.19. The molecule has 2 heterocycles. The van der Waals surface area contributed by atoms with Crippen LogP contribution in [0, 0.1) is 12.8 Å². The summed E-state index contributed by atoms with van der Waals surface area (Å²) in [5.41, 5.74) is 1.25. The molecule has 0 bridgehead atoms. The first-order chi connectivity index (χ1) is 14.8. The van der Waals surface area contributed by atoms with Crippen molar-refractivity contribution in [2.45, 2.75) is 31.2 Å². The van der Waals surface area contributed by atoms with Crippen molar-refractivity contribution in [3.63, 3.8) is 0 Å². The minimum Gasteiger partial charge on any atom is -0.383 e. The van der Waals surface area contributed by atoms with E-state index in [4.69, 9.17) is 4.74 Å². The minimum atomic E-state index is -3.59. The summed E-state index contributed by atoms with van der Waals surface area (Å²) < 4.78 is 34.2. The lowest BCUT2D eigenvalue weighted by atomic mass is 9.98. The summed E-state index contributed by atoms with van der Waals surface area (Å²) in [5, 5.41) is 0. The van der Waals surface area contributed by atoms with E-state index in [1.807, 2.05) is 6.92 Å². The number of carbonyl (C=O) groups is 1. The van der Waals surface area contributed by atoms with Crippen molar-refractivity contribution in [1.29, 1.82) is 0 Å². The van der Waals surface area contributed by atoms with Gasteiger partial charge in [0.05, 0.1) is 17.1 Å². The SMILES string of the molecule is COCCn1cc(C(=O)N2CCCC(CNS(=O)(=O)c3ccc(C)cc3)C2)ccc1=O. The van der Waals surface area contributed by atoms with Crippen LogP contribution in [0.15, 0.2) is 52.3 Å². The van der Waals surface area contributed by atoms with E-state index < -0.39 is 10.0 Å². The first-order valence-electron chi connectivity index (χ1n) is 10.3. The van der Waals surface area contributed by atoms with Crippen LogP contribution in [-0.4, -0.2) is 57.1 Å². The zero-order valence-electron chi connectivity index (χ0n) is 17.9. The van der Waals surface area contributed by atoms with Gasteiger partial charge in [-0.25, -0.2) is 13.1 Å². The van der Waals surface area contributed by atoms with Gasteiger partial charge < -0.3 is 14.2 Å². The van der Waals surface area contributed by atoms with Crippen molar-refractivity contribution in [3.8, 4) is 0 Å². The number of hydrogen-bond acceptors (Lipinski definition) is 5. The predicted octanol–water partition coefficient (Wildman–Crippen LogP) is 1.63. The predicted molar refractivity (Wildman–Crippen MR) is 118 cm³/mol. The standard InChI is InChI=1S/C22H29N3O5S/c1-17-5-8-20(9-6-17)31(28,29)23-14-18-4-3-11-25(15-18)22(27)19-7-10-21(26)24(16-19)12-13-30-2/h5-10,16,18,23H,3-4,11-15H2,1-2H3. The summed E-state index contributed by atoms with van der Waals surface area (Å²) in [4.78, 5) is 26.9. The molecular formula is C22H29N3O5S. The van der Waals surface area contributed by atoms with E-state index in [1.54, 1.807) is 42.5 Å². The van der Waals surface area contributed by atoms with E-state index in [-0.39, 0.29) is 28.8 Å². The summed E-state index contributed by atoms with van der Waals surface area (Å²) in [6.07, 6.45) is 3.20. The van der Waals surface area contributed by atoms with Crippen molar-refractivity contribution in [2.24, 2.45) is 5.92 Å². The molecule has 9 heteroatoms. The number of aryl methyl sites for hydroxylation is 1. The Morgan fingerprint density at radius 1 is 1.19 bits per heavy atom. The highest BCUT2D eigenvalue weighted by atomic mass is 32.2. The Morgan fingerprint density at radius 3 is 2.65 bits per heavy atom. The van der Waals surface area contributed by atoms with Crippen LogP contribution in [0.5, 0.6) is 0 Å². The smallest absolute Gasteiger partial charge is 0.255 e. The minimum absolute atomic E-state index is 0.0253. The maximum absolute atomic E-state index is 13.0. The molecule has 0 spiro atoms. The molecule has 31 heavy (non-hydrogen) atoms. The fourth-order valence-electron chi connectivity index (χ4n) is 3.65. The average Bonchev–Trinajstić information content (AvgIpc) is 2.77. The fraction of sp³-hybridized carbons (Fsp3) is 0.455. The number of ether oxygens (including phenoxy) is 1. The van der Waals surface area contributed by atoms with Gasteiger partial charge in [-0.2, -0.15) is 0 Å². The lowest BCUT2D eigenvalue weighted by Gasteiger charge is -2.33. The molecule has 8 nitrogen and oxygen atoms in total. The average molecular weight is 448 g/mol. The number of aromatic nitrogens is 1. The van der Waals surface area contributed by atoms with E-state index in [0.717, 1.165) is 18.4 Å². The third kappa shape index (κ3) is 6.03. The van der Waals surface area contributed by atoms with Crippen LogP contribution in [0.2, 0.25) is 0 Å². The third-order valence-corrected chi connectivity index (χ3v) is 6.91. The number of nitrogens with one attached hydrogen (secondary N) is 1. The maximum atomic E-state index is 13.0. The number of rotatable bonds is 8. The molecule has 1 aliphatic heterocycles. The normalized spacial score (nSPS) is 17.0. The van der Waals surface area contributed by atoms with Gasteiger partial charge in [0, 0.05) is 45.6 Å². The van der Waals surface area contributed by atoms with Crippen LogP contribution < -0.4 is 10.3 Å². The molecule has 1 amide bonds. The number of likely N-dealkylation sites (tertiary alicyclic amines) is 1. The Hall–Kier alpha value is -2.49. The van der Waals surface area contributed by atoms with Gasteiger partial charge in [0.2, 0.25) is 10.0 Å². The second-order valence-electron chi connectivity index (χ2n) is 7.87. The Labute approximate surface area is 182 Å². The first kappa shape index (κ1) is 23.2. The molecule has 1 atom stereocenters. The summed E-state index contributed by atoms with van der Waals surface area (Å²) in [7, 11) is -2.03. The quantitative estimate of drug-likeness (QED) is 0.663. The molecule has 1 unspecified atom stereocenters. The molecule has 2 aromatic rings. The van der Waals surface area contributed by atoms with E-state index >= 15 is 0 Å². The van der Waals surface area contributed by atoms with Crippen molar-refractivity contribution < 1.29 is 17.9 Å². The van der Waals surface area contributed by atoms with Crippen LogP contribution in [-0.2, 0) is 21.3 Å². The summed E-state index contributed by atoms with van der Waals surface area (Å²) in [6, 6.07) is 9.64. The molecule has 1 saturated heterocycles. The Morgan fingerprint density at radius 2 is 1.94 bits per heavy atom. The van der Waals surface area contributed by atoms with Crippen molar-refractivity contribution in [1.82, 2.24) is 14.2 Å². The molecule has 168 valence electrons. The van der Waals surface area contributed by atoms with E-state index in [1.165, 1.54) is 16.7 Å². The molecular weight excluding hydrogens is 418 g/mol. The van der Waals surface area contributed by atoms with Crippen molar-refractivity contribution >= 4 is 15.9 Å². The second-order valence-corrected chi connectivity index (χ2v) is 9.63. The number of pyridine rings is 1. The van der Waals surface area contributed by atoms with Gasteiger partial charge in [-0.3, -0.25) is 9.59 Å². The van der Waals surface area contributed by atoms with Gasteiger partial charge in [0.1, 0.15) is 0 Å². The molecule has 1 aromatic carbocycles. The summed E-state index contributed by atoms with van der Waals surface area (Å²) >= 11 is 0. The highest BCUT2D eigenvalue weighted by molar-refractivity contribution is 7.89. The molecule has 1 aliphatic rings. The zero-order chi connectivity index (χ0) is 22.4. The molecule has 0 saturated carbocycles. The fourth-order valence-corrected chi connectivity index (χ4v) is 4.77. The number of piperidine rings is 1. The van der Waals surface area contributed by atoms with E-state index in [2.05, 4.69) is 4.72 Å². The largest absolute Gasteiger partial charge is 0.383 e. The maximum Gasteiger partial charge on any atom is 0.255 e. The molecule has 0 aliphatic carbocycles. The van der Waals surface area contributed by atoms with Crippen molar-refractivity contribution in [2.75, 3.05) is 33.4 Å². The van der Waals surface area contributed by atoms with Gasteiger partial charge in [-0.1, -0.05) is 17.7 Å². The molecule has 3 rings (SSSR count). The van der Waals surface area contributed by atoms with Crippen LogP contribution in [0.1, 0.15) is 28.8 Å². The Balaban J connectivity index is 1.63. The van der Waals surface area contributed by atoms with Gasteiger partial charge in [0.25, 0.3) is 11.5 Å². The number of hydrogen-bond donors (Lipinski definition) is 1. The summed E-state index contributed by atoms with van der Waals surface area (Å²) in [6.45, 7) is 4.00. The van der Waals surface area contributed by atoms with Crippen molar-refractivity contribution in [3.05, 3.63) is 64.1 Å². The van der Waals surface area contributed by atoms with Crippen LogP contribution in [0.25, 0.3) is 0 Å². The van der Waals surface area contributed by atoms with Gasteiger partial charge in [0.15, 0.2) is 0 Å². The lowest BCUT2D eigenvalue weighted by molar-refractivity contribution is 0.0675. The Kier molecular flexibility index (Phi) is 7.64. The number of nitrogens with zero attached hydrogens (tertiary/aromatic N) is 2. The van der Waals surface area contributed by atoms with E-state index in [9.17, 15) is 18.0 Å². The summed E-state index contributed by atoms with van der Waals surface area (Å²) in [5.74, 6) is -0.130. The van der Waals surface area contributed by atoms with Gasteiger partial charge >= 0.3 is 0 Å². The second kappa shape index (κ2) is 10.2. The number of carbonyl (C=O) groups excluding carboxylic acids is 1. The highest BCUT2D eigenvalue weighted by Gasteiger charge is 2.26. The third-order valence-electron chi connectivity index (χ3n) is 5.47. The number of methoxy groups -OCH3 is 1. The molecule has 0 radical (unpaired) electrons. The number of amides is 1.